The third-order valence-corrected chi connectivity index (χ3v) is 3.28. The zero-order valence-electron chi connectivity index (χ0n) is 15.7. The van der Waals surface area contributed by atoms with Gasteiger partial charge in [-0.3, -0.25) is 9.59 Å². The van der Waals surface area contributed by atoms with Gasteiger partial charge in [0.25, 0.3) is 0 Å². The molecule has 7 heteroatoms. The Bertz CT molecular complexity index is 398. The number of carbonyl (C=O) groups is 3. The van der Waals surface area contributed by atoms with Crippen LogP contribution in [-0.4, -0.2) is 68.2 Å². The minimum atomic E-state index is -0.552. The molecule has 0 aromatic heterocycles. The number of esters is 1. The highest BCUT2D eigenvalue weighted by molar-refractivity contribution is 5.85. The van der Waals surface area contributed by atoms with Crippen LogP contribution in [0.2, 0.25) is 0 Å². The van der Waals surface area contributed by atoms with Crippen molar-refractivity contribution >= 4 is 18.0 Å². The van der Waals surface area contributed by atoms with Gasteiger partial charge in [-0.25, -0.2) is 4.79 Å². The Morgan fingerprint density at radius 1 is 0.917 bits per heavy atom. The average molecular weight is 344 g/mol. The number of ether oxygens (including phenoxy) is 2. The lowest BCUT2D eigenvalue weighted by Crippen LogP contribution is -2.42. The summed E-state index contributed by atoms with van der Waals surface area (Å²) in [7, 11) is 2.99. The molecule has 7 nitrogen and oxygen atoms in total. The summed E-state index contributed by atoms with van der Waals surface area (Å²) in [6, 6.07) is 0. The number of carbonyl (C=O) groups excluding carboxylic acids is 3. The molecular formula is C17H32N2O5. The maximum atomic E-state index is 12.0. The van der Waals surface area contributed by atoms with E-state index in [1.807, 2.05) is 13.8 Å². The second-order valence-electron chi connectivity index (χ2n) is 6.36. The molecule has 0 radical (unpaired) electrons. The molecular weight excluding hydrogens is 312 g/mol. The van der Waals surface area contributed by atoms with Crippen molar-refractivity contribution in [3.8, 4) is 0 Å². The number of hydrogen-bond donors (Lipinski definition) is 0. The van der Waals surface area contributed by atoms with Crippen molar-refractivity contribution in [2.75, 3.05) is 40.4 Å². The lowest BCUT2D eigenvalue weighted by molar-refractivity contribution is -0.148. The van der Waals surface area contributed by atoms with Crippen LogP contribution in [-0.2, 0) is 19.1 Å². The van der Waals surface area contributed by atoms with Gasteiger partial charge in [-0.15, -0.1) is 0 Å². The second kappa shape index (κ2) is 12.6. The van der Waals surface area contributed by atoms with Crippen molar-refractivity contribution in [2.45, 2.75) is 46.5 Å². The predicted octanol–water partition coefficient (Wildman–Crippen LogP) is 2.29. The van der Waals surface area contributed by atoms with E-state index in [4.69, 9.17) is 9.47 Å². The molecule has 2 amide bonds. The second-order valence-corrected chi connectivity index (χ2v) is 6.36. The van der Waals surface area contributed by atoms with Crippen molar-refractivity contribution in [2.24, 2.45) is 5.92 Å². The molecule has 0 saturated heterocycles. The van der Waals surface area contributed by atoms with Gasteiger partial charge in [-0.2, -0.15) is 0 Å². The zero-order chi connectivity index (χ0) is 18.5. The summed E-state index contributed by atoms with van der Waals surface area (Å²) in [5, 5.41) is 0. The van der Waals surface area contributed by atoms with Crippen molar-refractivity contribution in [3.63, 3.8) is 0 Å². The van der Waals surface area contributed by atoms with Gasteiger partial charge in [0.05, 0.1) is 13.2 Å². The molecule has 0 atom stereocenters. The van der Waals surface area contributed by atoms with Crippen molar-refractivity contribution in [3.05, 3.63) is 0 Å². The Hall–Kier alpha value is -1.79. The lowest BCUT2D eigenvalue weighted by Gasteiger charge is -2.21. The summed E-state index contributed by atoms with van der Waals surface area (Å²) in [6.45, 7) is 6.39. The van der Waals surface area contributed by atoms with Gasteiger partial charge in [0.15, 0.2) is 0 Å². The Morgan fingerprint density at radius 3 is 2.17 bits per heavy atom. The van der Waals surface area contributed by atoms with E-state index in [0.29, 0.717) is 13.2 Å². The van der Waals surface area contributed by atoms with Gasteiger partial charge in [0, 0.05) is 14.1 Å². The monoisotopic (exact) mass is 344 g/mol. The molecule has 0 aliphatic heterocycles. The van der Waals surface area contributed by atoms with E-state index in [1.165, 1.54) is 23.9 Å². The van der Waals surface area contributed by atoms with E-state index >= 15 is 0 Å². The number of amides is 2. The fourth-order valence-electron chi connectivity index (χ4n) is 1.78. The first kappa shape index (κ1) is 22.2. The molecule has 0 aliphatic carbocycles. The Balaban J connectivity index is 4.04. The minimum absolute atomic E-state index is 0.124. The molecule has 24 heavy (non-hydrogen) atoms. The molecule has 0 bridgehead atoms. The van der Waals surface area contributed by atoms with E-state index in [2.05, 4.69) is 6.92 Å². The summed E-state index contributed by atoms with van der Waals surface area (Å²) in [5.74, 6) is -0.554. The fraction of sp³-hybridized carbons (Fsp3) is 0.824. The predicted molar refractivity (Wildman–Crippen MR) is 91.6 cm³/mol. The van der Waals surface area contributed by atoms with Crippen molar-refractivity contribution < 1.29 is 23.9 Å². The number of likely N-dealkylation sites (N-methyl/N-ethyl adjacent to an activating group) is 2. The highest BCUT2D eigenvalue weighted by atomic mass is 16.6. The third-order valence-electron chi connectivity index (χ3n) is 3.28. The normalized spacial score (nSPS) is 10.4. The molecule has 0 spiro atoms. The lowest BCUT2D eigenvalue weighted by atomic mass is 10.2. The maximum Gasteiger partial charge on any atom is 0.409 e. The number of nitrogens with zero attached hydrogens (tertiary/aromatic N) is 2. The van der Waals surface area contributed by atoms with Crippen LogP contribution in [0.5, 0.6) is 0 Å². The molecule has 0 saturated carbocycles. The fourth-order valence-corrected chi connectivity index (χ4v) is 1.78. The minimum Gasteiger partial charge on any atom is -0.464 e. The van der Waals surface area contributed by atoms with Crippen molar-refractivity contribution in [1.82, 2.24) is 9.80 Å². The van der Waals surface area contributed by atoms with Crippen LogP contribution in [0.25, 0.3) is 0 Å². The highest BCUT2D eigenvalue weighted by Crippen LogP contribution is 2.00. The van der Waals surface area contributed by atoms with E-state index in [9.17, 15) is 14.4 Å². The van der Waals surface area contributed by atoms with Gasteiger partial charge in [-0.1, -0.05) is 40.0 Å². The molecule has 0 heterocycles. The average Bonchev–Trinajstić information content (AvgIpc) is 2.51. The molecule has 0 aromatic carbocycles. The van der Waals surface area contributed by atoms with Gasteiger partial charge < -0.3 is 19.3 Å². The standard InChI is InChI=1S/C17H32N2O5/c1-6-7-8-9-10-23-16(21)12-18(4)15(20)11-19(5)17(22)24-13-14(2)3/h14H,6-13H2,1-5H3. The largest absolute Gasteiger partial charge is 0.464 e. The first-order valence-electron chi connectivity index (χ1n) is 8.55. The van der Waals surface area contributed by atoms with Crippen LogP contribution in [0.15, 0.2) is 0 Å². The molecule has 0 unspecified atom stereocenters. The third kappa shape index (κ3) is 10.9. The summed E-state index contributed by atoms with van der Waals surface area (Å²) in [4.78, 5) is 37.8. The van der Waals surface area contributed by atoms with Crippen LogP contribution >= 0.6 is 0 Å². The molecule has 0 fully saturated rings. The van der Waals surface area contributed by atoms with Crippen LogP contribution in [0.4, 0.5) is 4.79 Å². The number of hydrogen-bond acceptors (Lipinski definition) is 5. The first-order valence-corrected chi connectivity index (χ1v) is 8.55. The Morgan fingerprint density at radius 2 is 1.58 bits per heavy atom. The van der Waals surface area contributed by atoms with Gasteiger partial charge in [0.1, 0.15) is 13.1 Å². The van der Waals surface area contributed by atoms with Crippen molar-refractivity contribution in [1.29, 1.82) is 0 Å². The van der Waals surface area contributed by atoms with Crippen LogP contribution in [0.1, 0.15) is 46.5 Å². The summed E-state index contributed by atoms with van der Waals surface area (Å²) >= 11 is 0. The molecule has 0 aromatic rings. The molecule has 140 valence electrons. The van der Waals surface area contributed by atoms with Gasteiger partial charge in [-0.05, 0) is 12.3 Å². The van der Waals surface area contributed by atoms with Crippen LogP contribution in [0, 0.1) is 5.92 Å². The summed E-state index contributed by atoms with van der Waals surface area (Å²) < 4.78 is 10.1. The highest BCUT2D eigenvalue weighted by Gasteiger charge is 2.19. The number of rotatable bonds is 11. The quantitative estimate of drug-likeness (QED) is 0.424. The summed E-state index contributed by atoms with van der Waals surface area (Å²) in [5.41, 5.74) is 0. The zero-order valence-corrected chi connectivity index (χ0v) is 15.7. The smallest absolute Gasteiger partial charge is 0.409 e. The SMILES string of the molecule is CCCCCCOC(=O)CN(C)C(=O)CN(C)C(=O)OCC(C)C. The van der Waals surface area contributed by atoms with Crippen LogP contribution < -0.4 is 0 Å². The first-order chi connectivity index (χ1) is 11.3. The molecule has 0 rings (SSSR count). The Labute approximate surface area is 145 Å². The maximum absolute atomic E-state index is 12.0. The number of unbranched alkanes of at least 4 members (excludes halogenated alkanes) is 3. The molecule has 0 aliphatic rings. The van der Waals surface area contributed by atoms with E-state index in [-0.39, 0.29) is 24.9 Å². The van der Waals surface area contributed by atoms with E-state index in [0.717, 1.165) is 25.7 Å². The summed E-state index contributed by atoms with van der Waals surface area (Å²) in [6.07, 6.45) is 3.56. The topological polar surface area (TPSA) is 76.2 Å². The van der Waals surface area contributed by atoms with Crippen LogP contribution in [0.3, 0.4) is 0 Å². The Kier molecular flexibility index (Phi) is 11.7. The van der Waals surface area contributed by atoms with Gasteiger partial charge >= 0.3 is 12.1 Å². The van der Waals surface area contributed by atoms with E-state index < -0.39 is 12.1 Å². The van der Waals surface area contributed by atoms with Gasteiger partial charge in [0.2, 0.25) is 5.91 Å². The molecule has 0 N–H and O–H groups in total. The van der Waals surface area contributed by atoms with E-state index in [1.54, 1.807) is 0 Å².